The molecular weight excluding hydrogens is 312 g/mol. The van der Waals surface area contributed by atoms with Gasteiger partial charge in [-0.25, -0.2) is 4.79 Å². The minimum atomic E-state index is -0.614. The molecule has 1 aromatic carbocycles. The lowest BCUT2D eigenvalue weighted by Gasteiger charge is -2.31. The number of ether oxygens (including phenoxy) is 2. The molecule has 25 heavy (non-hydrogen) atoms. The molecule has 1 rings (SSSR count). The van der Waals surface area contributed by atoms with Crippen LogP contribution in [0.5, 0.6) is 5.75 Å². The fourth-order valence-corrected chi connectivity index (χ4v) is 2.38. The Morgan fingerprint density at radius 1 is 1.04 bits per heavy atom. The topological polar surface area (TPSA) is 35.5 Å². The fourth-order valence-electron chi connectivity index (χ4n) is 2.38. The molecule has 1 unspecified atom stereocenters. The van der Waals surface area contributed by atoms with Crippen LogP contribution in [0.4, 0.5) is 0 Å². The summed E-state index contributed by atoms with van der Waals surface area (Å²) < 4.78 is 10.7. The van der Waals surface area contributed by atoms with E-state index in [4.69, 9.17) is 9.47 Å². The van der Waals surface area contributed by atoms with Crippen LogP contribution >= 0.6 is 0 Å². The van der Waals surface area contributed by atoms with Gasteiger partial charge in [0.1, 0.15) is 5.75 Å². The Kier molecular flexibility index (Phi) is 9.24. The monoisotopic (exact) mass is 350 g/mol. The van der Waals surface area contributed by atoms with E-state index >= 15 is 0 Å². The van der Waals surface area contributed by atoms with Crippen molar-refractivity contribution in [3.8, 4) is 5.75 Å². The van der Waals surface area contributed by atoms with Crippen molar-refractivity contribution in [2.24, 2.45) is 0 Å². The molecule has 0 amide bonds. The van der Waals surface area contributed by atoms with Crippen LogP contribution in [0.15, 0.2) is 18.2 Å². The Bertz CT molecular complexity index is 544. The highest BCUT2D eigenvalue weighted by molar-refractivity contribution is 5.74. The highest BCUT2D eigenvalue weighted by atomic mass is 16.6. The minimum Gasteiger partial charge on any atom is -0.479 e. The molecule has 0 aliphatic carbocycles. The maximum absolute atomic E-state index is 11.7. The van der Waals surface area contributed by atoms with Gasteiger partial charge in [-0.3, -0.25) is 0 Å². The van der Waals surface area contributed by atoms with Crippen molar-refractivity contribution in [1.82, 2.24) is 0 Å². The molecule has 1 aromatic rings. The van der Waals surface area contributed by atoms with E-state index in [1.165, 1.54) is 12.7 Å². The third kappa shape index (κ3) is 6.05. The van der Waals surface area contributed by atoms with Gasteiger partial charge in [0, 0.05) is 5.56 Å². The molecule has 0 aliphatic rings. The van der Waals surface area contributed by atoms with Crippen LogP contribution in [0, 0.1) is 0 Å². The lowest BCUT2D eigenvalue weighted by Crippen LogP contribution is -2.27. The summed E-state index contributed by atoms with van der Waals surface area (Å²) in [4.78, 5) is 11.7. The van der Waals surface area contributed by atoms with E-state index in [2.05, 4.69) is 53.7 Å². The zero-order valence-electron chi connectivity index (χ0n) is 17.9. The zero-order valence-corrected chi connectivity index (χ0v) is 17.9. The van der Waals surface area contributed by atoms with Crippen molar-refractivity contribution in [2.75, 3.05) is 7.11 Å². The number of methoxy groups -OCH3 is 1. The van der Waals surface area contributed by atoms with Gasteiger partial charge in [0.2, 0.25) is 0 Å². The van der Waals surface area contributed by atoms with Crippen LogP contribution < -0.4 is 4.74 Å². The van der Waals surface area contributed by atoms with Crippen LogP contribution in [0.2, 0.25) is 0 Å². The number of rotatable bonds is 7. The van der Waals surface area contributed by atoms with E-state index in [1.54, 1.807) is 6.92 Å². The first-order valence-electron chi connectivity index (χ1n) is 9.48. The molecule has 0 aromatic heterocycles. The number of hydrogen-bond donors (Lipinski definition) is 0. The number of hydrogen-bond acceptors (Lipinski definition) is 3. The Balaban J connectivity index is 0.00000277. The van der Waals surface area contributed by atoms with Crippen LogP contribution in [-0.2, 0) is 20.4 Å². The summed E-state index contributed by atoms with van der Waals surface area (Å²) in [5.41, 5.74) is 2.54. The predicted molar refractivity (Wildman–Crippen MR) is 107 cm³/mol. The Morgan fingerprint density at radius 2 is 1.56 bits per heavy atom. The second-order valence-corrected chi connectivity index (χ2v) is 7.47. The molecule has 0 heterocycles. The zero-order chi connectivity index (χ0) is 19.8. The van der Waals surface area contributed by atoms with Gasteiger partial charge in [-0.05, 0) is 42.2 Å². The highest BCUT2D eigenvalue weighted by Gasteiger charge is 2.28. The molecule has 3 nitrogen and oxygen atoms in total. The summed E-state index contributed by atoms with van der Waals surface area (Å²) in [6.45, 7) is 19.0. The van der Waals surface area contributed by atoms with Gasteiger partial charge in [-0.15, -0.1) is 0 Å². The largest absolute Gasteiger partial charge is 0.479 e. The van der Waals surface area contributed by atoms with Crippen molar-refractivity contribution in [3.05, 3.63) is 29.3 Å². The molecule has 0 N–H and O–H groups in total. The summed E-state index contributed by atoms with van der Waals surface area (Å²) >= 11 is 0. The quantitative estimate of drug-likeness (QED) is 0.563. The van der Waals surface area contributed by atoms with Crippen LogP contribution in [-0.4, -0.2) is 19.2 Å². The van der Waals surface area contributed by atoms with Crippen molar-refractivity contribution in [2.45, 2.75) is 92.1 Å². The highest BCUT2D eigenvalue weighted by Crippen LogP contribution is 2.38. The molecule has 0 saturated heterocycles. The van der Waals surface area contributed by atoms with Crippen molar-refractivity contribution in [1.29, 1.82) is 0 Å². The van der Waals surface area contributed by atoms with Gasteiger partial charge < -0.3 is 9.47 Å². The lowest BCUT2D eigenvalue weighted by atomic mass is 9.76. The van der Waals surface area contributed by atoms with Crippen molar-refractivity contribution in [3.63, 3.8) is 0 Å². The van der Waals surface area contributed by atoms with Gasteiger partial charge in [-0.1, -0.05) is 67.5 Å². The molecular formula is C22H38O3. The van der Waals surface area contributed by atoms with Crippen LogP contribution in [0.1, 0.15) is 86.3 Å². The third-order valence-corrected chi connectivity index (χ3v) is 5.09. The molecule has 1 atom stereocenters. The van der Waals surface area contributed by atoms with E-state index in [0.29, 0.717) is 0 Å². The Hall–Kier alpha value is -1.51. The first-order chi connectivity index (χ1) is 11.6. The number of carbonyl (C=O) groups excluding carboxylic acids is 1. The second kappa shape index (κ2) is 9.84. The summed E-state index contributed by atoms with van der Waals surface area (Å²) in [7, 11) is 1.38. The third-order valence-electron chi connectivity index (χ3n) is 5.09. The summed E-state index contributed by atoms with van der Waals surface area (Å²) in [5.74, 6) is 0.411. The van der Waals surface area contributed by atoms with Gasteiger partial charge in [0.25, 0.3) is 0 Å². The standard InChI is InChI=1S/C20H32O3.C2H6/c1-9-19(4,5)15-11-12-17(23-14(3)18(21)22-8)16(13-15)20(6,7)10-2;1-2/h11-14H,9-10H2,1-8H3;1-2H3. The molecule has 0 bridgehead atoms. The van der Waals surface area contributed by atoms with E-state index in [0.717, 1.165) is 24.2 Å². The number of carbonyl (C=O) groups is 1. The smallest absolute Gasteiger partial charge is 0.346 e. The molecule has 0 spiro atoms. The van der Waals surface area contributed by atoms with Gasteiger partial charge in [0.05, 0.1) is 7.11 Å². The summed E-state index contributed by atoms with van der Waals surface area (Å²) in [5, 5.41) is 0. The first-order valence-corrected chi connectivity index (χ1v) is 9.48. The molecule has 0 radical (unpaired) electrons. The Labute approximate surface area is 155 Å². The maximum atomic E-state index is 11.7. The van der Waals surface area contributed by atoms with Gasteiger partial charge in [0.15, 0.2) is 6.10 Å². The van der Waals surface area contributed by atoms with Crippen molar-refractivity contribution < 1.29 is 14.3 Å². The fraction of sp³-hybridized carbons (Fsp3) is 0.682. The molecule has 3 heteroatoms. The summed E-state index contributed by atoms with van der Waals surface area (Å²) in [6.07, 6.45) is 1.44. The molecule has 0 saturated carbocycles. The van der Waals surface area contributed by atoms with Crippen LogP contribution in [0.25, 0.3) is 0 Å². The predicted octanol–water partition coefficient (Wildman–Crippen LogP) is 6.03. The van der Waals surface area contributed by atoms with Crippen molar-refractivity contribution >= 4 is 5.97 Å². The summed E-state index contributed by atoms with van der Waals surface area (Å²) in [6, 6.07) is 6.35. The minimum absolute atomic E-state index is 0.0228. The van der Waals surface area contributed by atoms with Crippen LogP contribution in [0.3, 0.4) is 0 Å². The lowest BCUT2D eigenvalue weighted by molar-refractivity contribution is -0.147. The normalized spacial score (nSPS) is 12.7. The maximum Gasteiger partial charge on any atom is 0.346 e. The number of esters is 1. The first kappa shape index (κ1) is 23.5. The second-order valence-electron chi connectivity index (χ2n) is 7.47. The molecule has 0 aliphatic heterocycles. The van der Waals surface area contributed by atoms with Gasteiger partial charge >= 0.3 is 5.97 Å². The van der Waals surface area contributed by atoms with E-state index in [9.17, 15) is 4.79 Å². The van der Waals surface area contributed by atoms with Gasteiger partial charge in [-0.2, -0.15) is 0 Å². The van der Waals surface area contributed by atoms with E-state index < -0.39 is 6.10 Å². The van der Waals surface area contributed by atoms with E-state index in [1.807, 2.05) is 19.9 Å². The Morgan fingerprint density at radius 3 is 2.00 bits per heavy atom. The SMILES string of the molecule is CC.CCC(C)(C)c1ccc(OC(C)C(=O)OC)c(C(C)(C)CC)c1. The average molecular weight is 351 g/mol. The number of benzene rings is 1. The average Bonchev–Trinajstić information content (AvgIpc) is 2.62. The molecule has 144 valence electrons. The molecule has 0 fully saturated rings. The van der Waals surface area contributed by atoms with E-state index in [-0.39, 0.29) is 16.8 Å².